The van der Waals surface area contributed by atoms with Crippen molar-refractivity contribution in [1.82, 2.24) is 4.90 Å². The van der Waals surface area contributed by atoms with Crippen LogP contribution < -0.4 is 4.74 Å². The fraction of sp³-hybridized carbons (Fsp3) is 0.562. The Balaban J connectivity index is 1.83. The van der Waals surface area contributed by atoms with Crippen molar-refractivity contribution in [2.75, 3.05) is 33.9 Å². The van der Waals surface area contributed by atoms with Gasteiger partial charge in [0.25, 0.3) is 0 Å². The first-order chi connectivity index (χ1) is 9.74. The van der Waals surface area contributed by atoms with Gasteiger partial charge in [0.15, 0.2) is 0 Å². The van der Waals surface area contributed by atoms with Crippen molar-refractivity contribution in [2.24, 2.45) is 5.92 Å². The highest BCUT2D eigenvalue weighted by Crippen LogP contribution is 2.21. The molecule has 1 amide bonds. The number of ether oxygens (including phenoxy) is 2. The molecule has 2 rings (SSSR count). The third-order valence-corrected chi connectivity index (χ3v) is 3.84. The van der Waals surface area contributed by atoms with E-state index in [2.05, 4.69) is 0 Å². The standard InChI is InChI=1S/C16H23NO3/c1-19-12-13-9-10-17(11-13)16(18)8-7-14-5-3-4-6-15(14)20-2/h3-6,13H,7-12H2,1-2H3. The second-order valence-corrected chi connectivity index (χ2v) is 5.26. The monoisotopic (exact) mass is 277 g/mol. The molecule has 4 nitrogen and oxygen atoms in total. The Morgan fingerprint density at radius 1 is 1.35 bits per heavy atom. The van der Waals surface area contributed by atoms with E-state index in [0.717, 1.165) is 43.9 Å². The maximum Gasteiger partial charge on any atom is 0.222 e. The van der Waals surface area contributed by atoms with Gasteiger partial charge in [0.1, 0.15) is 5.75 Å². The summed E-state index contributed by atoms with van der Waals surface area (Å²) in [6.45, 7) is 2.44. The first-order valence-electron chi connectivity index (χ1n) is 7.13. The Morgan fingerprint density at radius 2 is 2.15 bits per heavy atom. The van der Waals surface area contributed by atoms with Crippen molar-refractivity contribution >= 4 is 5.91 Å². The van der Waals surface area contributed by atoms with Gasteiger partial charge in [-0.3, -0.25) is 4.79 Å². The Morgan fingerprint density at radius 3 is 2.90 bits per heavy atom. The second kappa shape index (κ2) is 7.29. The fourth-order valence-electron chi connectivity index (χ4n) is 2.74. The van der Waals surface area contributed by atoms with E-state index in [9.17, 15) is 4.79 Å². The van der Waals surface area contributed by atoms with E-state index in [1.165, 1.54) is 0 Å². The summed E-state index contributed by atoms with van der Waals surface area (Å²) in [7, 11) is 3.38. The van der Waals surface area contributed by atoms with Crippen LogP contribution in [0.5, 0.6) is 5.75 Å². The van der Waals surface area contributed by atoms with Crippen LogP contribution in [-0.2, 0) is 16.0 Å². The number of benzene rings is 1. The molecule has 1 saturated heterocycles. The van der Waals surface area contributed by atoms with E-state index in [-0.39, 0.29) is 5.91 Å². The summed E-state index contributed by atoms with van der Waals surface area (Å²) in [5.41, 5.74) is 1.09. The van der Waals surface area contributed by atoms with Crippen LogP contribution in [-0.4, -0.2) is 44.7 Å². The summed E-state index contributed by atoms with van der Waals surface area (Å²) < 4.78 is 10.5. The van der Waals surface area contributed by atoms with E-state index in [1.54, 1.807) is 14.2 Å². The first kappa shape index (κ1) is 14.9. The number of carbonyl (C=O) groups is 1. The van der Waals surface area contributed by atoms with Gasteiger partial charge in [-0.05, 0) is 24.5 Å². The molecule has 20 heavy (non-hydrogen) atoms. The summed E-state index contributed by atoms with van der Waals surface area (Å²) >= 11 is 0. The summed E-state index contributed by atoms with van der Waals surface area (Å²) in [6.07, 6.45) is 2.32. The molecule has 1 aromatic carbocycles. The molecular weight excluding hydrogens is 254 g/mol. The van der Waals surface area contributed by atoms with Crippen LogP contribution in [0.15, 0.2) is 24.3 Å². The van der Waals surface area contributed by atoms with Gasteiger partial charge in [0, 0.05) is 32.5 Å². The predicted molar refractivity (Wildman–Crippen MR) is 77.9 cm³/mol. The molecule has 1 unspecified atom stereocenters. The van der Waals surface area contributed by atoms with Gasteiger partial charge in [-0.2, -0.15) is 0 Å². The molecule has 0 radical (unpaired) electrons. The maximum atomic E-state index is 12.2. The minimum Gasteiger partial charge on any atom is -0.496 e. The summed E-state index contributed by atoms with van der Waals surface area (Å²) in [4.78, 5) is 14.2. The zero-order valence-electron chi connectivity index (χ0n) is 12.3. The van der Waals surface area contributed by atoms with Crippen molar-refractivity contribution in [3.63, 3.8) is 0 Å². The number of aryl methyl sites for hydroxylation is 1. The minimum absolute atomic E-state index is 0.231. The Hall–Kier alpha value is -1.55. The van der Waals surface area contributed by atoms with Gasteiger partial charge >= 0.3 is 0 Å². The lowest BCUT2D eigenvalue weighted by Crippen LogP contribution is -2.29. The number of methoxy groups -OCH3 is 2. The van der Waals surface area contributed by atoms with Gasteiger partial charge in [0.05, 0.1) is 13.7 Å². The van der Waals surface area contributed by atoms with Crippen LogP contribution in [0.2, 0.25) is 0 Å². The fourth-order valence-corrected chi connectivity index (χ4v) is 2.74. The molecule has 110 valence electrons. The van der Waals surface area contributed by atoms with Gasteiger partial charge in [-0.15, -0.1) is 0 Å². The van der Waals surface area contributed by atoms with Crippen LogP contribution in [0.1, 0.15) is 18.4 Å². The first-order valence-corrected chi connectivity index (χ1v) is 7.13. The van der Waals surface area contributed by atoms with E-state index < -0.39 is 0 Å². The molecule has 1 aliphatic rings. The lowest BCUT2D eigenvalue weighted by atomic mass is 10.1. The highest BCUT2D eigenvalue weighted by molar-refractivity contribution is 5.76. The van der Waals surface area contributed by atoms with Crippen LogP contribution in [0.3, 0.4) is 0 Å². The lowest BCUT2D eigenvalue weighted by molar-refractivity contribution is -0.130. The molecule has 0 aliphatic carbocycles. The number of carbonyl (C=O) groups excluding carboxylic acids is 1. The van der Waals surface area contributed by atoms with Gasteiger partial charge in [-0.25, -0.2) is 0 Å². The van der Waals surface area contributed by atoms with E-state index in [4.69, 9.17) is 9.47 Å². The highest BCUT2D eigenvalue weighted by Gasteiger charge is 2.25. The van der Waals surface area contributed by atoms with Crippen LogP contribution >= 0.6 is 0 Å². The largest absolute Gasteiger partial charge is 0.496 e. The summed E-state index contributed by atoms with van der Waals surface area (Å²) in [5, 5.41) is 0. The number of likely N-dealkylation sites (tertiary alicyclic amines) is 1. The molecule has 0 aromatic heterocycles. The molecule has 1 aromatic rings. The van der Waals surface area contributed by atoms with Gasteiger partial charge < -0.3 is 14.4 Å². The Labute approximate surface area is 120 Å². The van der Waals surface area contributed by atoms with Crippen molar-refractivity contribution < 1.29 is 14.3 Å². The zero-order chi connectivity index (χ0) is 14.4. The molecule has 0 saturated carbocycles. The molecule has 4 heteroatoms. The van der Waals surface area contributed by atoms with E-state index >= 15 is 0 Å². The summed E-state index contributed by atoms with van der Waals surface area (Å²) in [6, 6.07) is 7.88. The smallest absolute Gasteiger partial charge is 0.222 e. The number of hydrogen-bond acceptors (Lipinski definition) is 3. The number of amides is 1. The maximum absolute atomic E-state index is 12.2. The number of nitrogens with zero attached hydrogens (tertiary/aromatic N) is 1. The average molecular weight is 277 g/mol. The van der Waals surface area contributed by atoms with Gasteiger partial charge in [-0.1, -0.05) is 18.2 Å². The van der Waals surface area contributed by atoms with Gasteiger partial charge in [0.2, 0.25) is 5.91 Å². The molecule has 1 fully saturated rings. The number of hydrogen-bond donors (Lipinski definition) is 0. The third-order valence-electron chi connectivity index (χ3n) is 3.84. The van der Waals surface area contributed by atoms with Crippen molar-refractivity contribution in [1.29, 1.82) is 0 Å². The topological polar surface area (TPSA) is 38.8 Å². The summed E-state index contributed by atoms with van der Waals surface area (Å²) in [5.74, 6) is 1.59. The number of rotatable bonds is 6. The van der Waals surface area contributed by atoms with Crippen molar-refractivity contribution in [2.45, 2.75) is 19.3 Å². The van der Waals surface area contributed by atoms with Crippen molar-refractivity contribution in [3.8, 4) is 5.75 Å². The Kier molecular flexibility index (Phi) is 5.41. The molecule has 1 heterocycles. The molecule has 0 bridgehead atoms. The molecule has 0 N–H and O–H groups in total. The minimum atomic E-state index is 0.231. The third kappa shape index (κ3) is 3.73. The molecule has 1 atom stereocenters. The average Bonchev–Trinajstić information content (AvgIpc) is 2.94. The second-order valence-electron chi connectivity index (χ2n) is 5.26. The quantitative estimate of drug-likeness (QED) is 0.799. The molecule has 0 spiro atoms. The predicted octanol–water partition coefficient (Wildman–Crippen LogP) is 2.12. The molecule has 1 aliphatic heterocycles. The highest BCUT2D eigenvalue weighted by atomic mass is 16.5. The van der Waals surface area contributed by atoms with Crippen molar-refractivity contribution in [3.05, 3.63) is 29.8 Å². The zero-order valence-corrected chi connectivity index (χ0v) is 12.3. The normalized spacial score (nSPS) is 18.3. The number of para-hydroxylation sites is 1. The van der Waals surface area contributed by atoms with Crippen LogP contribution in [0.25, 0.3) is 0 Å². The SMILES string of the molecule is COCC1CCN(C(=O)CCc2ccccc2OC)C1. The Bertz CT molecular complexity index is 447. The molecular formula is C16H23NO3. The van der Waals surface area contributed by atoms with E-state index in [0.29, 0.717) is 12.3 Å². The van der Waals surface area contributed by atoms with E-state index in [1.807, 2.05) is 29.2 Å². The van der Waals surface area contributed by atoms with Crippen LogP contribution in [0.4, 0.5) is 0 Å². The van der Waals surface area contributed by atoms with Crippen LogP contribution in [0, 0.1) is 5.92 Å². The lowest BCUT2D eigenvalue weighted by Gasteiger charge is -2.17.